The van der Waals surface area contributed by atoms with Gasteiger partial charge in [0.15, 0.2) is 11.5 Å². The van der Waals surface area contributed by atoms with E-state index in [1.54, 1.807) is 25.3 Å². The lowest BCUT2D eigenvalue weighted by molar-refractivity contribution is 0.112. The van der Waals surface area contributed by atoms with Crippen LogP contribution < -0.4 is 9.47 Å². The summed E-state index contributed by atoms with van der Waals surface area (Å²) < 4.78 is 11.1. The predicted octanol–water partition coefficient (Wildman–Crippen LogP) is 2.83. The highest BCUT2D eigenvalue weighted by Gasteiger charge is 2.18. The molecule has 0 saturated heterocycles. The van der Waals surface area contributed by atoms with Crippen molar-refractivity contribution in [3.05, 3.63) is 23.8 Å². The van der Waals surface area contributed by atoms with Gasteiger partial charge in [0, 0.05) is 5.56 Å². The van der Waals surface area contributed by atoms with Crippen LogP contribution in [0.2, 0.25) is 0 Å². The number of aldehydes is 1. The van der Waals surface area contributed by atoms with Crippen LogP contribution in [0.25, 0.3) is 0 Å². The van der Waals surface area contributed by atoms with E-state index in [2.05, 4.69) is 0 Å². The molecule has 0 atom stereocenters. The normalized spacial score (nSPS) is 16.1. The van der Waals surface area contributed by atoms with Gasteiger partial charge in [-0.05, 0) is 43.9 Å². The van der Waals surface area contributed by atoms with E-state index in [0.29, 0.717) is 17.4 Å². The van der Waals surface area contributed by atoms with Gasteiger partial charge in [-0.15, -0.1) is 0 Å². The summed E-state index contributed by atoms with van der Waals surface area (Å²) in [6.07, 6.45) is 5.80. The minimum Gasteiger partial charge on any atom is -0.493 e. The molecule has 0 radical (unpaired) electrons. The van der Waals surface area contributed by atoms with Gasteiger partial charge in [-0.25, -0.2) is 0 Å². The fourth-order valence-electron chi connectivity index (χ4n) is 2.04. The third-order valence-corrected chi connectivity index (χ3v) is 2.92. The first-order valence-corrected chi connectivity index (χ1v) is 5.63. The van der Waals surface area contributed by atoms with Crippen molar-refractivity contribution < 1.29 is 14.3 Å². The predicted molar refractivity (Wildman–Crippen MR) is 61.3 cm³/mol. The van der Waals surface area contributed by atoms with Crippen LogP contribution in [0.1, 0.15) is 36.0 Å². The van der Waals surface area contributed by atoms with Crippen molar-refractivity contribution >= 4 is 6.29 Å². The third-order valence-electron chi connectivity index (χ3n) is 2.92. The molecule has 3 nitrogen and oxygen atoms in total. The van der Waals surface area contributed by atoms with Gasteiger partial charge in [-0.2, -0.15) is 0 Å². The van der Waals surface area contributed by atoms with Crippen molar-refractivity contribution in [1.82, 2.24) is 0 Å². The number of rotatable bonds is 4. The van der Waals surface area contributed by atoms with Crippen molar-refractivity contribution in [3.8, 4) is 11.5 Å². The highest BCUT2D eigenvalue weighted by molar-refractivity contribution is 5.76. The van der Waals surface area contributed by atoms with Gasteiger partial charge in [0.2, 0.25) is 0 Å². The largest absolute Gasteiger partial charge is 0.493 e. The molecule has 0 heterocycles. The zero-order valence-electron chi connectivity index (χ0n) is 9.44. The quantitative estimate of drug-likeness (QED) is 0.732. The number of methoxy groups -OCH3 is 1. The van der Waals surface area contributed by atoms with Gasteiger partial charge < -0.3 is 9.47 Å². The molecule has 1 saturated carbocycles. The standard InChI is InChI=1S/C13H16O3/c1-15-13-8-10(9-14)6-7-12(13)16-11-4-2-3-5-11/h6-9,11H,2-5H2,1H3. The maximum atomic E-state index is 10.6. The number of hydrogen-bond donors (Lipinski definition) is 0. The van der Waals surface area contributed by atoms with Gasteiger partial charge in [0.05, 0.1) is 13.2 Å². The second-order valence-electron chi connectivity index (χ2n) is 4.05. The summed E-state index contributed by atoms with van der Waals surface area (Å²) in [6.45, 7) is 0. The Hall–Kier alpha value is -1.51. The Morgan fingerprint density at radius 1 is 1.25 bits per heavy atom. The Labute approximate surface area is 95.4 Å². The maximum absolute atomic E-state index is 10.6. The highest BCUT2D eigenvalue weighted by atomic mass is 16.5. The molecule has 2 rings (SSSR count). The molecule has 0 amide bonds. The molecule has 16 heavy (non-hydrogen) atoms. The Kier molecular flexibility index (Phi) is 3.44. The van der Waals surface area contributed by atoms with E-state index in [-0.39, 0.29) is 0 Å². The summed E-state index contributed by atoms with van der Waals surface area (Å²) in [5, 5.41) is 0. The van der Waals surface area contributed by atoms with Crippen molar-refractivity contribution in [2.75, 3.05) is 7.11 Å². The lowest BCUT2D eigenvalue weighted by atomic mass is 10.2. The Morgan fingerprint density at radius 2 is 2.00 bits per heavy atom. The number of ether oxygens (including phenoxy) is 2. The fourth-order valence-corrected chi connectivity index (χ4v) is 2.04. The minimum absolute atomic E-state index is 0.302. The third kappa shape index (κ3) is 2.35. The molecule has 1 aliphatic rings. The van der Waals surface area contributed by atoms with E-state index in [9.17, 15) is 4.79 Å². The van der Waals surface area contributed by atoms with E-state index in [1.807, 2.05) is 0 Å². The first-order chi connectivity index (χ1) is 7.83. The zero-order valence-corrected chi connectivity index (χ0v) is 9.44. The molecular weight excluding hydrogens is 204 g/mol. The molecule has 0 N–H and O–H groups in total. The van der Waals surface area contributed by atoms with Crippen LogP contribution in [0.3, 0.4) is 0 Å². The first-order valence-electron chi connectivity index (χ1n) is 5.63. The Bertz CT molecular complexity index is 367. The number of benzene rings is 1. The van der Waals surface area contributed by atoms with Crippen LogP contribution in [-0.4, -0.2) is 19.5 Å². The van der Waals surface area contributed by atoms with Crippen LogP contribution in [0.4, 0.5) is 0 Å². The van der Waals surface area contributed by atoms with E-state index in [0.717, 1.165) is 24.9 Å². The Balaban J connectivity index is 2.15. The van der Waals surface area contributed by atoms with E-state index < -0.39 is 0 Å². The molecule has 0 bridgehead atoms. The average molecular weight is 220 g/mol. The molecule has 0 aliphatic heterocycles. The van der Waals surface area contributed by atoms with Crippen molar-refractivity contribution in [3.63, 3.8) is 0 Å². The zero-order chi connectivity index (χ0) is 11.4. The minimum atomic E-state index is 0.302. The van der Waals surface area contributed by atoms with Crippen molar-refractivity contribution in [2.45, 2.75) is 31.8 Å². The maximum Gasteiger partial charge on any atom is 0.161 e. The van der Waals surface area contributed by atoms with Gasteiger partial charge in [0.25, 0.3) is 0 Å². The molecule has 0 aromatic heterocycles. The summed E-state index contributed by atoms with van der Waals surface area (Å²) in [4.78, 5) is 10.6. The number of hydrogen-bond acceptors (Lipinski definition) is 3. The van der Waals surface area contributed by atoms with E-state index in [1.165, 1.54) is 12.8 Å². The van der Waals surface area contributed by atoms with Crippen molar-refractivity contribution in [2.24, 2.45) is 0 Å². The topological polar surface area (TPSA) is 35.5 Å². The van der Waals surface area contributed by atoms with Gasteiger partial charge in [0.1, 0.15) is 6.29 Å². The smallest absolute Gasteiger partial charge is 0.161 e. The Morgan fingerprint density at radius 3 is 2.62 bits per heavy atom. The van der Waals surface area contributed by atoms with Crippen LogP contribution in [0.15, 0.2) is 18.2 Å². The molecule has 0 spiro atoms. The monoisotopic (exact) mass is 220 g/mol. The summed E-state index contributed by atoms with van der Waals surface area (Å²) in [5.74, 6) is 1.37. The lowest BCUT2D eigenvalue weighted by Crippen LogP contribution is -2.11. The lowest BCUT2D eigenvalue weighted by Gasteiger charge is -2.15. The summed E-state index contributed by atoms with van der Waals surface area (Å²) in [5.41, 5.74) is 0.607. The number of carbonyl (C=O) groups is 1. The van der Waals surface area contributed by atoms with Gasteiger partial charge >= 0.3 is 0 Å². The summed E-state index contributed by atoms with van der Waals surface area (Å²) in [6, 6.07) is 5.26. The molecule has 1 aliphatic carbocycles. The van der Waals surface area contributed by atoms with Gasteiger partial charge in [-0.1, -0.05) is 0 Å². The van der Waals surface area contributed by atoms with E-state index >= 15 is 0 Å². The molecule has 1 aromatic carbocycles. The molecule has 3 heteroatoms. The second kappa shape index (κ2) is 5.01. The summed E-state index contributed by atoms with van der Waals surface area (Å²) in [7, 11) is 1.59. The molecule has 0 unspecified atom stereocenters. The van der Waals surface area contributed by atoms with E-state index in [4.69, 9.17) is 9.47 Å². The van der Waals surface area contributed by atoms with Crippen LogP contribution in [-0.2, 0) is 0 Å². The molecule has 1 fully saturated rings. The van der Waals surface area contributed by atoms with Gasteiger partial charge in [-0.3, -0.25) is 4.79 Å². The van der Waals surface area contributed by atoms with Crippen LogP contribution >= 0.6 is 0 Å². The van der Waals surface area contributed by atoms with Crippen molar-refractivity contribution in [1.29, 1.82) is 0 Å². The second-order valence-corrected chi connectivity index (χ2v) is 4.05. The first kappa shape index (κ1) is 11.0. The van der Waals surface area contributed by atoms with Crippen LogP contribution in [0.5, 0.6) is 11.5 Å². The van der Waals surface area contributed by atoms with Crippen LogP contribution in [0, 0.1) is 0 Å². The fraction of sp³-hybridized carbons (Fsp3) is 0.462. The average Bonchev–Trinajstić information content (AvgIpc) is 2.82. The highest BCUT2D eigenvalue weighted by Crippen LogP contribution is 2.31. The number of carbonyl (C=O) groups excluding carboxylic acids is 1. The SMILES string of the molecule is COc1cc(C=O)ccc1OC1CCCC1. The molecule has 86 valence electrons. The molecular formula is C13H16O3. The molecule has 1 aromatic rings. The summed E-state index contributed by atoms with van der Waals surface area (Å²) >= 11 is 0.